The number of hydrogen-bond acceptors (Lipinski definition) is 5. The average molecular weight is 350 g/mol. The predicted octanol–water partition coefficient (Wildman–Crippen LogP) is 2.08. The van der Waals surface area contributed by atoms with Gasteiger partial charge in [0, 0.05) is 48.6 Å². The summed E-state index contributed by atoms with van der Waals surface area (Å²) in [6.45, 7) is 1.97. The van der Waals surface area contributed by atoms with Crippen molar-refractivity contribution < 1.29 is 14.3 Å². The monoisotopic (exact) mass is 350 g/mol. The zero-order valence-electron chi connectivity index (χ0n) is 14.1. The molecular formula is C19H18N4O3. The van der Waals surface area contributed by atoms with Crippen LogP contribution in [0.4, 0.5) is 0 Å². The van der Waals surface area contributed by atoms with E-state index in [4.69, 9.17) is 9.47 Å². The van der Waals surface area contributed by atoms with Crippen molar-refractivity contribution in [2.24, 2.45) is 0 Å². The molecular weight excluding hydrogens is 332 g/mol. The first-order valence-corrected chi connectivity index (χ1v) is 8.78. The molecule has 2 aliphatic rings. The Bertz CT molecular complexity index is 992. The molecule has 7 heteroatoms. The van der Waals surface area contributed by atoms with Gasteiger partial charge in [-0.25, -0.2) is 4.98 Å². The molecule has 3 aromatic heterocycles. The minimum Gasteiger partial charge on any atom is -0.472 e. The average Bonchev–Trinajstić information content (AvgIpc) is 3.31. The van der Waals surface area contributed by atoms with Crippen LogP contribution in [0.5, 0.6) is 5.88 Å². The van der Waals surface area contributed by atoms with E-state index in [9.17, 15) is 4.79 Å². The van der Waals surface area contributed by atoms with Crippen LogP contribution in [-0.2, 0) is 11.2 Å². The zero-order chi connectivity index (χ0) is 17.5. The third kappa shape index (κ3) is 2.61. The largest absolute Gasteiger partial charge is 0.472 e. The molecule has 0 aliphatic carbocycles. The maximum absolute atomic E-state index is 12.1. The van der Waals surface area contributed by atoms with E-state index in [1.807, 2.05) is 24.3 Å². The van der Waals surface area contributed by atoms with Crippen molar-refractivity contribution in [3.05, 3.63) is 41.7 Å². The number of amides is 1. The fourth-order valence-corrected chi connectivity index (χ4v) is 3.51. The topological polar surface area (TPSA) is 89.1 Å². The number of ether oxygens (including phenoxy) is 2. The third-order valence-corrected chi connectivity index (χ3v) is 4.83. The molecule has 0 radical (unpaired) electrons. The molecule has 26 heavy (non-hydrogen) atoms. The number of pyridine rings is 2. The highest BCUT2D eigenvalue weighted by Gasteiger charge is 2.22. The van der Waals surface area contributed by atoms with Crippen molar-refractivity contribution in [3.8, 4) is 17.1 Å². The fraction of sp³-hybridized carbons (Fsp3) is 0.316. The Morgan fingerprint density at radius 1 is 1.23 bits per heavy atom. The number of rotatable bonds is 3. The third-order valence-electron chi connectivity index (χ3n) is 4.83. The summed E-state index contributed by atoms with van der Waals surface area (Å²) in [7, 11) is 0. The lowest BCUT2D eigenvalue weighted by Gasteiger charge is -2.12. The van der Waals surface area contributed by atoms with Crippen molar-refractivity contribution >= 4 is 16.9 Å². The van der Waals surface area contributed by atoms with E-state index in [0.29, 0.717) is 24.6 Å². The number of H-pyrrole nitrogens is 1. The van der Waals surface area contributed by atoms with Crippen LogP contribution in [0.2, 0.25) is 0 Å². The van der Waals surface area contributed by atoms with Crippen LogP contribution in [0, 0.1) is 0 Å². The van der Waals surface area contributed by atoms with Crippen LogP contribution in [-0.4, -0.2) is 46.7 Å². The zero-order valence-corrected chi connectivity index (χ0v) is 14.1. The lowest BCUT2D eigenvalue weighted by Crippen LogP contribution is -2.31. The Balaban J connectivity index is 1.57. The molecule has 1 amide bonds. The van der Waals surface area contributed by atoms with Gasteiger partial charge in [-0.2, -0.15) is 0 Å². The SMILES string of the molecule is O=C1NCCc2[nH]c(-c3ccnc4ccc(O[C@@H]5CCOC5)nc34)cc21. The summed E-state index contributed by atoms with van der Waals surface area (Å²) >= 11 is 0. The summed E-state index contributed by atoms with van der Waals surface area (Å²) < 4.78 is 11.3. The van der Waals surface area contributed by atoms with Crippen molar-refractivity contribution in [1.82, 2.24) is 20.3 Å². The van der Waals surface area contributed by atoms with Gasteiger partial charge in [0.1, 0.15) is 11.6 Å². The van der Waals surface area contributed by atoms with E-state index >= 15 is 0 Å². The van der Waals surface area contributed by atoms with Crippen LogP contribution in [0.25, 0.3) is 22.3 Å². The molecule has 0 saturated carbocycles. The fourth-order valence-electron chi connectivity index (χ4n) is 3.51. The minimum absolute atomic E-state index is 0.0367. The molecule has 0 bridgehead atoms. The number of fused-ring (bicyclic) bond motifs is 2. The summed E-state index contributed by atoms with van der Waals surface area (Å²) in [5, 5.41) is 2.87. The van der Waals surface area contributed by atoms with Gasteiger partial charge in [-0.1, -0.05) is 0 Å². The molecule has 3 aromatic rings. The number of nitrogens with zero attached hydrogens (tertiary/aromatic N) is 2. The number of hydrogen-bond donors (Lipinski definition) is 2. The number of aromatic amines is 1. The molecule has 5 heterocycles. The summed E-state index contributed by atoms with van der Waals surface area (Å²) in [6.07, 6.45) is 3.47. The summed E-state index contributed by atoms with van der Waals surface area (Å²) in [5.41, 5.74) is 4.98. The van der Waals surface area contributed by atoms with Crippen LogP contribution >= 0.6 is 0 Å². The molecule has 132 valence electrons. The quantitative estimate of drug-likeness (QED) is 0.755. The van der Waals surface area contributed by atoms with Crippen molar-refractivity contribution in [2.45, 2.75) is 18.9 Å². The maximum atomic E-state index is 12.1. The van der Waals surface area contributed by atoms with E-state index in [1.165, 1.54) is 0 Å². The molecule has 7 nitrogen and oxygen atoms in total. The van der Waals surface area contributed by atoms with E-state index in [0.717, 1.165) is 47.4 Å². The second kappa shape index (κ2) is 6.10. The first-order valence-electron chi connectivity index (χ1n) is 8.78. The predicted molar refractivity (Wildman–Crippen MR) is 95.2 cm³/mol. The normalized spacial score (nSPS) is 19.4. The molecule has 0 unspecified atom stereocenters. The summed E-state index contributed by atoms with van der Waals surface area (Å²) in [5.74, 6) is 0.529. The standard InChI is InChI=1S/C19H18N4O3/c24-19-13-9-16(22-14(13)4-7-21-19)12-3-6-20-15-1-2-17(23-18(12)15)26-11-5-8-25-10-11/h1-3,6,9,11,22H,4-5,7-8,10H2,(H,21,24)/t11-/m1/s1. The highest BCUT2D eigenvalue weighted by atomic mass is 16.5. The number of nitrogens with one attached hydrogen (secondary N) is 2. The van der Waals surface area contributed by atoms with Gasteiger partial charge < -0.3 is 19.8 Å². The lowest BCUT2D eigenvalue weighted by atomic mass is 10.1. The van der Waals surface area contributed by atoms with E-state index < -0.39 is 0 Å². The van der Waals surface area contributed by atoms with Gasteiger partial charge in [-0.15, -0.1) is 0 Å². The van der Waals surface area contributed by atoms with Crippen molar-refractivity contribution in [1.29, 1.82) is 0 Å². The Morgan fingerprint density at radius 3 is 3.04 bits per heavy atom. The summed E-state index contributed by atoms with van der Waals surface area (Å²) in [6, 6.07) is 7.54. The molecule has 2 aliphatic heterocycles. The van der Waals surface area contributed by atoms with Gasteiger partial charge in [0.25, 0.3) is 5.91 Å². The molecule has 2 N–H and O–H groups in total. The molecule has 1 atom stereocenters. The Kier molecular flexibility index (Phi) is 3.60. The maximum Gasteiger partial charge on any atom is 0.253 e. The van der Waals surface area contributed by atoms with Crippen LogP contribution in [0.3, 0.4) is 0 Å². The molecule has 0 spiro atoms. The van der Waals surface area contributed by atoms with Gasteiger partial charge in [-0.3, -0.25) is 9.78 Å². The Hall–Kier alpha value is -2.93. The Morgan fingerprint density at radius 2 is 2.19 bits per heavy atom. The lowest BCUT2D eigenvalue weighted by molar-refractivity contribution is 0.0946. The van der Waals surface area contributed by atoms with Crippen LogP contribution in [0.1, 0.15) is 22.5 Å². The number of aromatic nitrogens is 3. The molecule has 1 fully saturated rings. The molecule has 5 rings (SSSR count). The van der Waals surface area contributed by atoms with Crippen molar-refractivity contribution in [3.63, 3.8) is 0 Å². The van der Waals surface area contributed by atoms with Gasteiger partial charge in [0.2, 0.25) is 5.88 Å². The Labute approximate surface area is 149 Å². The van der Waals surface area contributed by atoms with Gasteiger partial charge >= 0.3 is 0 Å². The van der Waals surface area contributed by atoms with E-state index in [2.05, 4.69) is 20.3 Å². The van der Waals surface area contributed by atoms with Gasteiger partial charge in [0.05, 0.1) is 24.3 Å². The first kappa shape index (κ1) is 15.3. The molecule has 0 aromatic carbocycles. The molecule has 1 saturated heterocycles. The smallest absolute Gasteiger partial charge is 0.253 e. The van der Waals surface area contributed by atoms with Crippen molar-refractivity contribution in [2.75, 3.05) is 19.8 Å². The van der Waals surface area contributed by atoms with E-state index in [-0.39, 0.29) is 12.0 Å². The minimum atomic E-state index is -0.0367. The second-order valence-corrected chi connectivity index (χ2v) is 6.56. The van der Waals surface area contributed by atoms with E-state index in [1.54, 1.807) is 6.20 Å². The summed E-state index contributed by atoms with van der Waals surface area (Å²) in [4.78, 5) is 24.5. The van der Waals surface area contributed by atoms with Crippen LogP contribution < -0.4 is 10.1 Å². The number of carbonyl (C=O) groups excluding carboxylic acids is 1. The van der Waals surface area contributed by atoms with Gasteiger partial charge in [-0.05, 0) is 18.2 Å². The van der Waals surface area contributed by atoms with Gasteiger partial charge in [0.15, 0.2) is 0 Å². The number of carbonyl (C=O) groups is 1. The first-order chi connectivity index (χ1) is 12.8. The highest BCUT2D eigenvalue weighted by Crippen LogP contribution is 2.30. The second-order valence-electron chi connectivity index (χ2n) is 6.56. The van der Waals surface area contributed by atoms with Crippen LogP contribution in [0.15, 0.2) is 30.5 Å². The highest BCUT2D eigenvalue weighted by molar-refractivity contribution is 5.99.